The Morgan fingerprint density at radius 2 is 1.83 bits per heavy atom. The predicted octanol–water partition coefficient (Wildman–Crippen LogP) is 4.03. The van der Waals surface area contributed by atoms with Gasteiger partial charge < -0.3 is 9.32 Å². The number of nitrogens with zero attached hydrogens (tertiary/aromatic N) is 2. The molecule has 0 saturated heterocycles. The van der Waals surface area contributed by atoms with Gasteiger partial charge in [-0.2, -0.15) is 0 Å². The third-order valence-electron chi connectivity index (χ3n) is 3.51. The van der Waals surface area contributed by atoms with Crippen molar-refractivity contribution < 1.29 is 14.1 Å². The van der Waals surface area contributed by atoms with Crippen molar-refractivity contribution in [3.63, 3.8) is 0 Å². The van der Waals surface area contributed by atoms with Crippen molar-refractivity contribution in [1.29, 1.82) is 0 Å². The van der Waals surface area contributed by atoms with Crippen molar-refractivity contribution in [2.75, 3.05) is 4.90 Å². The maximum absolute atomic E-state index is 12.7. The van der Waals surface area contributed by atoms with Crippen LogP contribution in [0.4, 0.5) is 11.4 Å². The Morgan fingerprint density at radius 3 is 2.50 bits per heavy atom. The minimum Gasteiger partial charge on any atom is -0.459 e. The smallest absolute Gasteiger partial charge is 0.294 e. The van der Waals surface area contributed by atoms with Crippen LogP contribution < -0.4 is 4.90 Å². The van der Waals surface area contributed by atoms with Crippen LogP contribution in [-0.2, 0) is 6.54 Å². The summed E-state index contributed by atoms with van der Waals surface area (Å²) in [7, 11) is 0. The minimum atomic E-state index is -0.454. The molecule has 3 rings (SSSR count). The molecule has 0 aliphatic carbocycles. The lowest BCUT2D eigenvalue weighted by atomic mass is 10.1. The first-order valence-electron chi connectivity index (χ1n) is 7.29. The zero-order valence-electron chi connectivity index (χ0n) is 12.7. The molecule has 2 aromatic carbocycles. The molecule has 1 heterocycles. The fourth-order valence-corrected chi connectivity index (χ4v) is 2.37. The maximum Gasteiger partial charge on any atom is 0.294 e. The molecule has 0 spiro atoms. The van der Waals surface area contributed by atoms with Crippen LogP contribution in [0.3, 0.4) is 0 Å². The number of carbonyl (C=O) groups is 1. The fraction of sp³-hybridized carbons (Fsp3) is 0.0556. The molecule has 0 N–H and O–H groups in total. The van der Waals surface area contributed by atoms with Gasteiger partial charge in [0.2, 0.25) is 0 Å². The standard InChI is InChI=1S/C18H14N2O4/c21-18(17-10-5-11-24-17)19(15-7-2-1-3-8-15)13-14-6-4-9-16(12-14)20(22)23/h1-12H,13H2. The number of para-hydroxylation sites is 1. The van der Waals surface area contributed by atoms with Gasteiger partial charge in [0, 0.05) is 17.8 Å². The number of anilines is 1. The van der Waals surface area contributed by atoms with Crippen molar-refractivity contribution in [3.8, 4) is 0 Å². The monoisotopic (exact) mass is 322 g/mol. The summed E-state index contributed by atoms with van der Waals surface area (Å²) in [5.74, 6) is -0.0954. The Bertz CT molecular complexity index is 844. The number of amides is 1. The average molecular weight is 322 g/mol. The summed E-state index contributed by atoms with van der Waals surface area (Å²) in [6.07, 6.45) is 1.43. The van der Waals surface area contributed by atoms with E-state index in [1.807, 2.05) is 18.2 Å². The zero-order valence-corrected chi connectivity index (χ0v) is 12.7. The van der Waals surface area contributed by atoms with Crippen LogP contribution in [0.15, 0.2) is 77.4 Å². The van der Waals surface area contributed by atoms with Crippen molar-refractivity contribution in [1.82, 2.24) is 0 Å². The van der Waals surface area contributed by atoms with Crippen LogP contribution in [0.1, 0.15) is 16.1 Å². The highest BCUT2D eigenvalue weighted by molar-refractivity contribution is 6.04. The van der Waals surface area contributed by atoms with E-state index in [0.29, 0.717) is 11.3 Å². The second-order valence-electron chi connectivity index (χ2n) is 5.13. The summed E-state index contributed by atoms with van der Waals surface area (Å²) in [4.78, 5) is 24.7. The van der Waals surface area contributed by atoms with Gasteiger partial charge in [-0.25, -0.2) is 0 Å². The molecule has 0 atom stereocenters. The fourth-order valence-electron chi connectivity index (χ4n) is 2.37. The van der Waals surface area contributed by atoms with E-state index in [2.05, 4.69) is 0 Å². The molecule has 6 heteroatoms. The van der Waals surface area contributed by atoms with Crippen LogP contribution in [0, 0.1) is 10.1 Å². The normalized spacial score (nSPS) is 10.3. The van der Waals surface area contributed by atoms with Crippen LogP contribution in [-0.4, -0.2) is 10.8 Å². The maximum atomic E-state index is 12.7. The Kier molecular flexibility index (Phi) is 4.38. The largest absolute Gasteiger partial charge is 0.459 e. The van der Waals surface area contributed by atoms with E-state index in [9.17, 15) is 14.9 Å². The lowest BCUT2D eigenvalue weighted by molar-refractivity contribution is -0.384. The molecule has 24 heavy (non-hydrogen) atoms. The summed E-state index contributed by atoms with van der Waals surface area (Å²) in [6, 6.07) is 18.6. The van der Waals surface area contributed by atoms with Gasteiger partial charge >= 0.3 is 0 Å². The SMILES string of the molecule is O=C(c1ccco1)N(Cc1cccc([N+](=O)[O-])c1)c1ccccc1. The number of nitro benzene ring substituents is 1. The van der Waals surface area contributed by atoms with Gasteiger partial charge in [0.05, 0.1) is 17.7 Å². The number of non-ortho nitro benzene ring substituents is 1. The van der Waals surface area contributed by atoms with E-state index in [0.717, 1.165) is 0 Å². The third-order valence-corrected chi connectivity index (χ3v) is 3.51. The minimum absolute atomic E-state index is 0.00837. The van der Waals surface area contributed by atoms with Crippen molar-refractivity contribution in [3.05, 3.63) is 94.4 Å². The summed E-state index contributed by atoms with van der Waals surface area (Å²) < 4.78 is 5.20. The van der Waals surface area contributed by atoms with Gasteiger partial charge in [0.25, 0.3) is 11.6 Å². The zero-order chi connectivity index (χ0) is 16.9. The second kappa shape index (κ2) is 6.78. The van der Waals surface area contributed by atoms with Gasteiger partial charge in [0.15, 0.2) is 5.76 Å². The van der Waals surface area contributed by atoms with E-state index < -0.39 is 4.92 Å². The molecule has 0 radical (unpaired) electrons. The molecule has 0 aliphatic heterocycles. The summed E-state index contributed by atoms with van der Waals surface area (Å²) in [5, 5.41) is 10.9. The molecule has 0 bridgehead atoms. The van der Waals surface area contributed by atoms with Gasteiger partial charge in [-0.3, -0.25) is 14.9 Å². The van der Waals surface area contributed by atoms with Gasteiger partial charge in [-0.1, -0.05) is 30.3 Å². The van der Waals surface area contributed by atoms with Gasteiger partial charge in [-0.15, -0.1) is 0 Å². The summed E-state index contributed by atoms with van der Waals surface area (Å²) in [5.41, 5.74) is 1.34. The first kappa shape index (κ1) is 15.5. The van der Waals surface area contributed by atoms with Crippen LogP contribution >= 0.6 is 0 Å². The number of nitro groups is 1. The number of rotatable bonds is 5. The lowest BCUT2D eigenvalue weighted by Gasteiger charge is -2.22. The average Bonchev–Trinajstić information content (AvgIpc) is 3.15. The van der Waals surface area contributed by atoms with E-state index in [1.54, 1.807) is 36.4 Å². The molecule has 0 aliphatic rings. The first-order chi connectivity index (χ1) is 11.6. The van der Waals surface area contributed by atoms with Crippen molar-refractivity contribution >= 4 is 17.3 Å². The Hall–Kier alpha value is -3.41. The van der Waals surface area contributed by atoms with E-state index in [-0.39, 0.29) is 23.9 Å². The molecule has 1 amide bonds. The first-order valence-corrected chi connectivity index (χ1v) is 7.29. The topological polar surface area (TPSA) is 76.6 Å². The third kappa shape index (κ3) is 3.33. The van der Waals surface area contributed by atoms with Crippen molar-refractivity contribution in [2.45, 2.75) is 6.54 Å². The van der Waals surface area contributed by atoms with Crippen LogP contribution in [0.25, 0.3) is 0 Å². The predicted molar refractivity (Wildman–Crippen MR) is 88.8 cm³/mol. The quantitative estimate of drug-likeness (QED) is 0.525. The van der Waals surface area contributed by atoms with Gasteiger partial charge in [-0.05, 0) is 29.8 Å². The molecular weight excluding hydrogens is 308 g/mol. The molecule has 1 aromatic heterocycles. The molecule has 0 fully saturated rings. The van der Waals surface area contributed by atoms with E-state index >= 15 is 0 Å². The number of hydrogen-bond donors (Lipinski definition) is 0. The van der Waals surface area contributed by atoms with E-state index in [1.165, 1.54) is 23.3 Å². The number of benzene rings is 2. The Labute approximate surface area is 138 Å². The lowest BCUT2D eigenvalue weighted by Crippen LogP contribution is -2.30. The van der Waals surface area contributed by atoms with E-state index in [4.69, 9.17) is 4.42 Å². The molecule has 0 unspecified atom stereocenters. The highest BCUT2D eigenvalue weighted by atomic mass is 16.6. The highest BCUT2D eigenvalue weighted by Gasteiger charge is 2.21. The Balaban J connectivity index is 1.95. The van der Waals surface area contributed by atoms with Crippen molar-refractivity contribution in [2.24, 2.45) is 0 Å². The molecule has 0 saturated carbocycles. The number of hydrogen-bond acceptors (Lipinski definition) is 4. The highest BCUT2D eigenvalue weighted by Crippen LogP contribution is 2.22. The Morgan fingerprint density at radius 1 is 1.04 bits per heavy atom. The number of furan rings is 1. The molecular formula is C18H14N2O4. The molecule has 3 aromatic rings. The van der Waals surface area contributed by atoms with Crippen LogP contribution in [0.2, 0.25) is 0 Å². The van der Waals surface area contributed by atoms with Crippen LogP contribution in [0.5, 0.6) is 0 Å². The molecule has 120 valence electrons. The molecule has 6 nitrogen and oxygen atoms in total. The summed E-state index contributed by atoms with van der Waals surface area (Å²) >= 11 is 0. The summed E-state index contributed by atoms with van der Waals surface area (Å²) in [6.45, 7) is 0.200. The number of carbonyl (C=O) groups excluding carboxylic acids is 1. The second-order valence-corrected chi connectivity index (χ2v) is 5.13. The van der Waals surface area contributed by atoms with Gasteiger partial charge in [0.1, 0.15) is 0 Å².